The molecule has 0 aliphatic rings. The maximum absolute atomic E-state index is 8.53. The SMILES string of the molecule is CC(O)(CCl)OO. The Kier molecular flexibility index (Phi) is 2.53. The second-order valence-electron chi connectivity index (χ2n) is 1.40. The predicted octanol–water partition coefficient (Wildman–Crippen LogP) is 0.423. The molecule has 0 radical (unpaired) electrons. The number of hydrogen-bond donors (Lipinski definition) is 2. The van der Waals surface area contributed by atoms with Gasteiger partial charge in [0.25, 0.3) is 0 Å². The monoisotopic (exact) mass is 126 g/mol. The van der Waals surface area contributed by atoms with Crippen molar-refractivity contribution in [3.8, 4) is 0 Å². The van der Waals surface area contributed by atoms with Crippen LogP contribution in [0, 0.1) is 0 Å². The fraction of sp³-hybridized carbons (Fsp3) is 1.00. The third-order valence-corrected chi connectivity index (χ3v) is 0.941. The van der Waals surface area contributed by atoms with Crippen LogP contribution in [0.4, 0.5) is 0 Å². The van der Waals surface area contributed by atoms with Crippen molar-refractivity contribution >= 4 is 11.6 Å². The molecule has 0 amide bonds. The Morgan fingerprint density at radius 3 is 2.29 bits per heavy atom. The highest BCUT2D eigenvalue weighted by molar-refractivity contribution is 6.18. The van der Waals surface area contributed by atoms with Crippen LogP contribution in [0.5, 0.6) is 0 Å². The van der Waals surface area contributed by atoms with Gasteiger partial charge in [0.05, 0.1) is 5.88 Å². The van der Waals surface area contributed by atoms with Gasteiger partial charge in [0.15, 0.2) is 0 Å². The molecule has 0 heterocycles. The molecule has 2 N–H and O–H groups in total. The molecule has 44 valence electrons. The van der Waals surface area contributed by atoms with Crippen molar-refractivity contribution in [3.05, 3.63) is 0 Å². The Labute approximate surface area is 46.4 Å². The summed E-state index contributed by atoms with van der Waals surface area (Å²) in [6, 6.07) is 0. The lowest BCUT2D eigenvalue weighted by atomic mass is 10.4. The zero-order valence-electron chi connectivity index (χ0n) is 3.89. The molecule has 0 fully saturated rings. The summed E-state index contributed by atoms with van der Waals surface area (Å²) in [5.41, 5.74) is 0. The van der Waals surface area contributed by atoms with Gasteiger partial charge in [-0.15, -0.1) is 11.6 Å². The first-order chi connectivity index (χ1) is 3.12. The van der Waals surface area contributed by atoms with Gasteiger partial charge in [-0.25, -0.2) is 10.1 Å². The van der Waals surface area contributed by atoms with E-state index in [0.29, 0.717) is 0 Å². The zero-order valence-corrected chi connectivity index (χ0v) is 4.64. The van der Waals surface area contributed by atoms with Crippen molar-refractivity contribution in [1.29, 1.82) is 0 Å². The van der Waals surface area contributed by atoms with Crippen LogP contribution < -0.4 is 0 Å². The highest BCUT2D eigenvalue weighted by atomic mass is 35.5. The minimum Gasteiger partial charge on any atom is -0.363 e. The number of aliphatic hydroxyl groups is 1. The van der Waals surface area contributed by atoms with Gasteiger partial charge in [-0.05, 0) is 6.92 Å². The number of halogens is 1. The van der Waals surface area contributed by atoms with Gasteiger partial charge in [-0.2, -0.15) is 0 Å². The molecule has 0 saturated carbocycles. The van der Waals surface area contributed by atoms with Gasteiger partial charge in [-0.1, -0.05) is 0 Å². The first kappa shape index (κ1) is 7.17. The Morgan fingerprint density at radius 1 is 1.86 bits per heavy atom. The topological polar surface area (TPSA) is 49.7 Å². The first-order valence-corrected chi connectivity index (χ1v) is 2.27. The first-order valence-electron chi connectivity index (χ1n) is 1.73. The molecule has 7 heavy (non-hydrogen) atoms. The Morgan fingerprint density at radius 2 is 2.29 bits per heavy atom. The molecule has 0 aliphatic carbocycles. The number of hydrogen-bond acceptors (Lipinski definition) is 3. The molecule has 4 heteroatoms. The Bertz CT molecular complexity index is 48.1. The van der Waals surface area contributed by atoms with Gasteiger partial charge in [0.2, 0.25) is 5.79 Å². The van der Waals surface area contributed by atoms with Crippen LogP contribution in [0.3, 0.4) is 0 Å². The second-order valence-corrected chi connectivity index (χ2v) is 1.67. The molecule has 0 aromatic heterocycles. The zero-order chi connectivity index (χ0) is 5.91. The molecule has 0 aromatic carbocycles. The molecule has 0 rings (SSSR count). The second kappa shape index (κ2) is 2.47. The van der Waals surface area contributed by atoms with Gasteiger partial charge in [-0.3, -0.25) is 0 Å². The standard InChI is InChI=1S/C3H7ClO3/c1-3(5,2-4)7-6/h5-6H,2H2,1H3. The van der Waals surface area contributed by atoms with Crippen molar-refractivity contribution in [2.24, 2.45) is 0 Å². The lowest BCUT2D eigenvalue weighted by molar-refractivity contribution is -0.376. The quantitative estimate of drug-likeness (QED) is 0.244. The van der Waals surface area contributed by atoms with E-state index in [1.807, 2.05) is 0 Å². The fourth-order valence-electron chi connectivity index (χ4n) is 0.0244. The third kappa shape index (κ3) is 2.82. The van der Waals surface area contributed by atoms with Crippen LogP contribution in [0.15, 0.2) is 0 Å². The molecular formula is C3H7ClO3. The third-order valence-electron chi connectivity index (χ3n) is 0.445. The van der Waals surface area contributed by atoms with Crippen molar-refractivity contribution in [3.63, 3.8) is 0 Å². The summed E-state index contributed by atoms with van der Waals surface area (Å²) < 4.78 is 0. The van der Waals surface area contributed by atoms with E-state index in [9.17, 15) is 0 Å². The van der Waals surface area contributed by atoms with E-state index in [-0.39, 0.29) is 5.88 Å². The molecular weight excluding hydrogens is 119 g/mol. The largest absolute Gasteiger partial charge is 0.363 e. The van der Waals surface area contributed by atoms with Gasteiger partial charge in [0, 0.05) is 0 Å². The van der Waals surface area contributed by atoms with E-state index in [2.05, 4.69) is 4.89 Å². The lowest BCUT2D eigenvalue weighted by Gasteiger charge is -2.13. The highest BCUT2D eigenvalue weighted by Gasteiger charge is 2.18. The summed E-state index contributed by atoms with van der Waals surface area (Å²) in [5.74, 6) is -1.74. The van der Waals surface area contributed by atoms with Gasteiger partial charge < -0.3 is 5.11 Å². The summed E-state index contributed by atoms with van der Waals surface area (Å²) >= 11 is 5.06. The van der Waals surface area contributed by atoms with Crippen LogP contribution in [-0.2, 0) is 4.89 Å². The summed E-state index contributed by atoms with van der Waals surface area (Å²) in [4.78, 5) is 3.51. The van der Waals surface area contributed by atoms with E-state index in [4.69, 9.17) is 22.0 Å². The fourth-order valence-corrected chi connectivity index (χ4v) is 0.0732. The van der Waals surface area contributed by atoms with Crippen molar-refractivity contribution in [1.82, 2.24) is 0 Å². The van der Waals surface area contributed by atoms with E-state index in [1.165, 1.54) is 6.92 Å². The van der Waals surface area contributed by atoms with Crippen LogP contribution >= 0.6 is 11.6 Å². The van der Waals surface area contributed by atoms with Crippen LogP contribution in [0.2, 0.25) is 0 Å². The molecule has 3 nitrogen and oxygen atoms in total. The molecule has 0 spiro atoms. The maximum Gasteiger partial charge on any atom is 0.209 e. The Balaban J connectivity index is 3.36. The van der Waals surface area contributed by atoms with E-state index in [1.54, 1.807) is 0 Å². The summed E-state index contributed by atoms with van der Waals surface area (Å²) in [6.07, 6.45) is 0. The lowest BCUT2D eigenvalue weighted by Crippen LogP contribution is -2.28. The number of rotatable bonds is 2. The van der Waals surface area contributed by atoms with E-state index >= 15 is 0 Å². The smallest absolute Gasteiger partial charge is 0.209 e. The average Bonchev–Trinajstić information content (AvgIpc) is 1.68. The van der Waals surface area contributed by atoms with Crippen molar-refractivity contribution in [2.45, 2.75) is 12.7 Å². The highest BCUT2D eigenvalue weighted by Crippen LogP contribution is 2.03. The number of alkyl halides is 1. The van der Waals surface area contributed by atoms with Crippen LogP contribution in [0.1, 0.15) is 6.92 Å². The minimum atomic E-state index is -1.60. The molecule has 0 saturated heterocycles. The van der Waals surface area contributed by atoms with Crippen LogP contribution in [0.25, 0.3) is 0 Å². The van der Waals surface area contributed by atoms with Crippen LogP contribution in [-0.4, -0.2) is 22.0 Å². The molecule has 0 aromatic rings. The molecule has 1 atom stereocenters. The summed E-state index contributed by atoms with van der Waals surface area (Å²) in [6.45, 7) is 1.25. The average molecular weight is 127 g/mol. The normalized spacial score (nSPS) is 18.9. The summed E-state index contributed by atoms with van der Waals surface area (Å²) in [7, 11) is 0. The van der Waals surface area contributed by atoms with E-state index in [0.717, 1.165) is 0 Å². The van der Waals surface area contributed by atoms with Crippen molar-refractivity contribution < 1.29 is 15.3 Å². The predicted molar refractivity (Wildman–Crippen MR) is 25.1 cm³/mol. The Hall–Kier alpha value is 0.170. The van der Waals surface area contributed by atoms with Crippen molar-refractivity contribution in [2.75, 3.05) is 5.88 Å². The molecule has 1 unspecified atom stereocenters. The maximum atomic E-state index is 8.53. The summed E-state index contributed by atoms with van der Waals surface area (Å²) in [5, 5.41) is 16.3. The van der Waals surface area contributed by atoms with E-state index < -0.39 is 5.79 Å². The van der Waals surface area contributed by atoms with Gasteiger partial charge >= 0.3 is 0 Å². The minimum absolute atomic E-state index is 0.149. The molecule has 0 aliphatic heterocycles. The van der Waals surface area contributed by atoms with Gasteiger partial charge in [0.1, 0.15) is 0 Å². The molecule has 0 bridgehead atoms.